The number of likely N-dealkylation sites (tertiary alicyclic amines) is 1. The zero-order valence-corrected chi connectivity index (χ0v) is 17.1. The quantitative estimate of drug-likeness (QED) is 0.711. The van der Waals surface area contributed by atoms with Gasteiger partial charge < -0.3 is 15.0 Å². The number of nitrogens with one attached hydrogen (secondary N) is 1. The standard InChI is InChI=1S/C21H28F3N5O/c1-15-5-2-7-17(11-15)30-10-4-9-28-8-3-6-16(13-28)18-12-19(21(22,23)24)29-20(27-18)25-14-26-29/h2,5,7,11,14,16,18-19H,3-4,6,8-10,12-13H2,1H3,(H,25,26,27)/t16-,18+,19-/m1/s1. The molecular formula is C21H28F3N5O. The Hall–Kier alpha value is -2.29. The zero-order chi connectivity index (χ0) is 21.1. The second kappa shape index (κ2) is 8.83. The number of ether oxygens (including phenoxy) is 1. The van der Waals surface area contributed by atoms with Crippen molar-refractivity contribution in [1.29, 1.82) is 0 Å². The van der Waals surface area contributed by atoms with Gasteiger partial charge in [0.1, 0.15) is 12.1 Å². The van der Waals surface area contributed by atoms with Gasteiger partial charge >= 0.3 is 6.18 Å². The van der Waals surface area contributed by atoms with Crippen molar-refractivity contribution in [3.63, 3.8) is 0 Å². The van der Waals surface area contributed by atoms with E-state index in [2.05, 4.69) is 20.3 Å². The number of anilines is 1. The number of nitrogens with zero attached hydrogens (tertiary/aromatic N) is 4. The van der Waals surface area contributed by atoms with E-state index in [1.807, 2.05) is 31.2 Å². The van der Waals surface area contributed by atoms with Crippen molar-refractivity contribution in [2.75, 3.05) is 31.6 Å². The highest BCUT2D eigenvalue weighted by Gasteiger charge is 2.48. The van der Waals surface area contributed by atoms with Crippen LogP contribution < -0.4 is 10.1 Å². The molecule has 3 atom stereocenters. The van der Waals surface area contributed by atoms with E-state index < -0.39 is 12.2 Å². The molecule has 2 aliphatic rings. The highest BCUT2D eigenvalue weighted by molar-refractivity contribution is 5.30. The molecule has 9 heteroatoms. The van der Waals surface area contributed by atoms with Crippen molar-refractivity contribution < 1.29 is 17.9 Å². The van der Waals surface area contributed by atoms with Gasteiger partial charge in [-0.25, -0.2) is 4.68 Å². The van der Waals surface area contributed by atoms with Gasteiger partial charge in [0.2, 0.25) is 5.95 Å². The van der Waals surface area contributed by atoms with Crippen LogP contribution in [-0.2, 0) is 0 Å². The molecule has 0 bridgehead atoms. The predicted molar refractivity (Wildman–Crippen MR) is 108 cm³/mol. The Morgan fingerprint density at radius 1 is 1.30 bits per heavy atom. The van der Waals surface area contributed by atoms with Gasteiger partial charge in [0.15, 0.2) is 6.04 Å². The molecule has 0 spiro atoms. The van der Waals surface area contributed by atoms with Crippen LogP contribution >= 0.6 is 0 Å². The number of fused-ring (bicyclic) bond motifs is 1. The lowest BCUT2D eigenvalue weighted by molar-refractivity contribution is -0.174. The van der Waals surface area contributed by atoms with E-state index in [4.69, 9.17) is 4.74 Å². The van der Waals surface area contributed by atoms with Crippen molar-refractivity contribution in [3.05, 3.63) is 36.2 Å². The minimum atomic E-state index is -4.33. The average molecular weight is 423 g/mol. The summed E-state index contributed by atoms with van der Waals surface area (Å²) in [5, 5.41) is 6.98. The van der Waals surface area contributed by atoms with E-state index in [0.29, 0.717) is 6.61 Å². The monoisotopic (exact) mass is 423 g/mol. The molecule has 0 aliphatic carbocycles. The highest BCUT2D eigenvalue weighted by atomic mass is 19.4. The first-order valence-electron chi connectivity index (χ1n) is 10.5. The largest absolute Gasteiger partial charge is 0.494 e. The fraction of sp³-hybridized carbons (Fsp3) is 0.619. The number of piperidine rings is 1. The molecule has 1 aromatic carbocycles. The molecule has 0 amide bonds. The van der Waals surface area contributed by atoms with Gasteiger partial charge in [0, 0.05) is 19.1 Å². The first-order valence-corrected chi connectivity index (χ1v) is 10.5. The normalized spacial score (nSPS) is 24.9. The van der Waals surface area contributed by atoms with Crippen molar-refractivity contribution in [3.8, 4) is 5.75 Å². The summed E-state index contributed by atoms with van der Waals surface area (Å²) >= 11 is 0. The number of hydrogen-bond donors (Lipinski definition) is 1. The molecular weight excluding hydrogens is 395 g/mol. The minimum Gasteiger partial charge on any atom is -0.494 e. The number of benzene rings is 1. The van der Waals surface area contributed by atoms with Crippen LogP contribution in [0.15, 0.2) is 30.6 Å². The number of hydrogen-bond acceptors (Lipinski definition) is 5. The van der Waals surface area contributed by atoms with Crippen LogP contribution in [0.2, 0.25) is 0 Å². The molecule has 1 N–H and O–H groups in total. The van der Waals surface area contributed by atoms with E-state index in [0.717, 1.165) is 49.3 Å². The van der Waals surface area contributed by atoms with Crippen LogP contribution in [0.1, 0.15) is 37.3 Å². The third-order valence-corrected chi connectivity index (χ3v) is 6.03. The Morgan fingerprint density at radius 2 is 2.17 bits per heavy atom. The average Bonchev–Trinajstić information content (AvgIpc) is 3.19. The number of halogens is 3. The molecule has 30 heavy (non-hydrogen) atoms. The third-order valence-electron chi connectivity index (χ3n) is 6.03. The molecule has 3 heterocycles. The fourth-order valence-electron chi connectivity index (χ4n) is 4.54. The lowest BCUT2D eigenvalue weighted by atomic mass is 9.86. The molecule has 0 unspecified atom stereocenters. The van der Waals surface area contributed by atoms with E-state index in [1.54, 1.807) is 0 Å². The molecule has 2 aliphatic heterocycles. The van der Waals surface area contributed by atoms with Gasteiger partial charge in [-0.3, -0.25) is 0 Å². The predicted octanol–water partition coefficient (Wildman–Crippen LogP) is 4.06. The van der Waals surface area contributed by atoms with Gasteiger partial charge in [0.25, 0.3) is 0 Å². The molecule has 1 aromatic heterocycles. The minimum absolute atomic E-state index is 0.00512. The maximum absolute atomic E-state index is 13.5. The van der Waals surface area contributed by atoms with Crippen LogP contribution in [-0.4, -0.2) is 58.1 Å². The summed E-state index contributed by atoms with van der Waals surface area (Å²) in [6.07, 6.45) is -0.347. The Morgan fingerprint density at radius 3 is 2.97 bits per heavy atom. The van der Waals surface area contributed by atoms with Crippen molar-refractivity contribution in [2.24, 2.45) is 5.92 Å². The zero-order valence-electron chi connectivity index (χ0n) is 17.1. The summed E-state index contributed by atoms with van der Waals surface area (Å²) in [7, 11) is 0. The topological polar surface area (TPSA) is 55.2 Å². The van der Waals surface area contributed by atoms with Gasteiger partial charge in [-0.15, -0.1) is 0 Å². The number of alkyl halides is 3. The Kier molecular flexibility index (Phi) is 6.17. The first kappa shape index (κ1) is 21.0. The van der Waals surface area contributed by atoms with Crippen LogP contribution in [0.5, 0.6) is 5.75 Å². The van der Waals surface area contributed by atoms with Crippen LogP contribution in [0.4, 0.5) is 19.1 Å². The molecule has 4 rings (SSSR count). The smallest absolute Gasteiger partial charge is 0.411 e. The molecule has 6 nitrogen and oxygen atoms in total. The lowest BCUT2D eigenvalue weighted by Crippen LogP contribution is -2.48. The van der Waals surface area contributed by atoms with Crippen molar-refractivity contribution >= 4 is 5.95 Å². The SMILES string of the molecule is Cc1cccc(OCCCN2CCC[C@@H]([C@@H]3C[C@H](C(F)(F)F)n4ncnc4N3)C2)c1. The summed E-state index contributed by atoms with van der Waals surface area (Å²) in [5.74, 6) is 1.25. The molecule has 0 radical (unpaired) electrons. The highest BCUT2D eigenvalue weighted by Crippen LogP contribution is 2.40. The maximum Gasteiger partial charge on any atom is 0.411 e. The fourth-order valence-corrected chi connectivity index (χ4v) is 4.54. The van der Waals surface area contributed by atoms with Crippen LogP contribution in [0.3, 0.4) is 0 Å². The summed E-state index contributed by atoms with van der Waals surface area (Å²) in [6.45, 7) is 5.32. The van der Waals surface area contributed by atoms with Gasteiger partial charge in [-0.1, -0.05) is 12.1 Å². The van der Waals surface area contributed by atoms with Crippen molar-refractivity contribution in [2.45, 2.75) is 50.9 Å². The molecule has 1 saturated heterocycles. The molecule has 2 aromatic rings. The van der Waals surface area contributed by atoms with E-state index >= 15 is 0 Å². The Labute approximate surface area is 174 Å². The maximum atomic E-state index is 13.5. The second-order valence-corrected chi connectivity index (χ2v) is 8.29. The summed E-state index contributed by atoms with van der Waals surface area (Å²) in [5.41, 5.74) is 1.17. The number of aryl methyl sites for hydroxylation is 1. The van der Waals surface area contributed by atoms with Crippen LogP contribution in [0.25, 0.3) is 0 Å². The summed E-state index contributed by atoms with van der Waals surface area (Å²) in [6, 6.07) is 6.12. The molecule has 0 saturated carbocycles. The number of rotatable bonds is 6. The van der Waals surface area contributed by atoms with Gasteiger partial charge in [0.05, 0.1) is 6.61 Å². The molecule has 1 fully saturated rings. The first-order chi connectivity index (χ1) is 14.4. The summed E-state index contributed by atoms with van der Waals surface area (Å²) < 4.78 is 47.4. The van der Waals surface area contributed by atoms with Crippen LogP contribution in [0, 0.1) is 12.8 Å². The van der Waals surface area contributed by atoms with E-state index in [9.17, 15) is 13.2 Å². The Balaban J connectivity index is 1.29. The van der Waals surface area contributed by atoms with E-state index in [1.165, 1.54) is 11.9 Å². The third kappa shape index (κ3) is 4.88. The van der Waals surface area contributed by atoms with E-state index in [-0.39, 0.29) is 24.3 Å². The second-order valence-electron chi connectivity index (χ2n) is 8.29. The summed E-state index contributed by atoms with van der Waals surface area (Å²) in [4.78, 5) is 6.34. The molecule has 164 valence electrons. The lowest BCUT2D eigenvalue weighted by Gasteiger charge is -2.41. The Bertz CT molecular complexity index is 840. The van der Waals surface area contributed by atoms with Gasteiger partial charge in [-0.05, 0) is 62.8 Å². The van der Waals surface area contributed by atoms with Gasteiger partial charge in [-0.2, -0.15) is 23.3 Å². The number of aromatic nitrogens is 3. The van der Waals surface area contributed by atoms with Crippen molar-refractivity contribution in [1.82, 2.24) is 19.7 Å².